The molecule has 0 aliphatic rings. The first-order chi connectivity index (χ1) is 6.66. The minimum absolute atomic E-state index is 0.00968. The van der Waals surface area contributed by atoms with Crippen LogP contribution < -0.4 is 4.90 Å². The first-order valence-electron chi connectivity index (χ1n) is 4.45. The summed E-state index contributed by atoms with van der Waals surface area (Å²) in [5.74, 6) is -0.522. The molecule has 0 saturated heterocycles. The molecule has 1 amide bonds. The Kier molecular flexibility index (Phi) is 3.24. The number of benzene rings is 1. The number of anilines is 1. The van der Waals surface area contributed by atoms with Crippen molar-refractivity contribution in [1.29, 1.82) is 5.26 Å². The maximum Gasteiger partial charge on any atom is 0.329 e. The number of carbonyl (C=O) groups is 1. The normalized spacial score (nSPS) is 9.57. The quantitative estimate of drug-likeness (QED) is 0.666. The summed E-state index contributed by atoms with van der Waals surface area (Å²) in [7, 11) is 0. The van der Waals surface area contributed by atoms with Crippen LogP contribution in [0.5, 0.6) is 0 Å². The number of rotatable bonds is 2. The second kappa shape index (κ2) is 4.43. The summed E-state index contributed by atoms with van der Waals surface area (Å²) in [6, 6.07) is 10.8. The molecule has 0 bridgehead atoms. The van der Waals surface area contributed by atoms with Crippen LogP contribution in [-0.2, 0) is 4.79 Å². The summed E-state index contributed by atoms with van der Waals surface area (Å²) in [5, 5.41) is 8.57. The van der Waals surface area contributed by atoms with Gasteiger partial charge in [0.05, 0.1) is 0 Å². The Labute approximate surface area is 83.6 Å². The van der Waals surface area contributed by atoms with Crippen LogP contribution in [0.25, 0.3) is 0 Å². The van der Waals surface area contributed by atoms with E-state index in [1.165, 1.54) is 4.90 Å². The third-order valence-corrected chi connectivity index (χ3v) is 1.87. The van der Waals surface area contributed by atoms with Crippen molar-refractivity contribution in [3.05, 3.63) is 30.3 Å². The van der Waals surface area contributed by atoms with Gasteiger partial charge in [0.2, 0.25) is 0 Å². The summed E-state index contributed by atoms with van der Waals surface area (Å²) in [6.45, 7) is 3.75. The summed E-state index contributed by atoms with van der Waals surface area (Å²) in [4.78, 5) is 12.8. The maximum atomic E-state index is 11.3. The van der Waals surface area contributed by atoms with Crippen molar-refractivity contribution in [3.8, 4) is 6.07 Å². The SMILES string of the molecule is CC(C)N(C(=O)C#N)c1ccccc1. The highest BCUT2D eigenvalue weighted by atomic mass is 16.2. The third-order valence-electron chi connectivity index (χ3n) is 1.87. The average molecular weight is 188 g/mol. The van der Waals surface area contributed by atoms with Gasteiger partial charge in [-0.25, -0.2) is 0 Å². The van der Waals surface area contributed by atoms with Gasteiger partial charge in [-0.2, -0.15) is 5.26 Å². The lowest BCUT2D eigenvalue weighted by molar-refractivity contribution is -0.113. The lowest BCUT2D eigenvalue weighted by Gasteiger charge is -2.23. The van der Waals surface area contributed by atoms with Gasteiger partial charge >= 0.3 is 5.91 Å². The van der Waals surface area contributed by atoms with E-state index in [4.69, 9.17) is 5.26 Å². The van der Waals surface area contributed by atoms with E-state index in [-0.39, 0.29) is 6.04 Å². The fourth-order valence-corrected chi connectivity index (χ4v) is 1.29. The van der Waals surface area contributed by atoms with Gasteiger partial charge in [-0.3, -0.25) is 9.69 Å². The van der Waals surface area contributed by atoms with Gasteiger partial charge in [-0.05, 0) is 26.0 Å². The predicted octanol–water partition coefficient (Wildman–Crippen LogP) is 1.95. The third kappa shape index (κ3) is 2.11. The van der Waals surface area contributed by atoms with E-state index >= 15 is 0 Å². The Morgan fingerprint density at radius 1 is 1.36 bits per heavy atom. The summed E-state index contributed by atoms with van der Waals surface area (Å²) in [6.07, 6.45) is 0. The fourth-order valence-electron chi connectivity index (χ4n) is 1.29. The van der Waals surface area contributed by atoms with E-state index in [9.17, 15) is 4.79 Å². The molecule has 14 heavy (non-hydrogen) atoms. The van der Waals surface area contributed by atoms with Gasteiger partial charge < -0.3 is 0 Å². The summed E-state index contributed by atoms with van der Waals surface area (Å²) >= 11 is 0. The van der Waals surface area contributed by atoms with Gasteiger partial charge in [0.1, 0.15) is 0 Å². The molecule has 0 radical (unpaired) electrons. The highest BCUT2D eigenvalue weighted by Gasteiger charge is 2.17. The second-order valence-electron chi connectivity index (χ2n) is 3.22. The summed E-state index contributed by atoms with van der Waals surface area (Å²) < 4.78 is 0. The number of hydrogen-bond donors (Lipinski definition) is 0. The zero-order valence-corrected chi connectivity index (χ0v) is 8.27. The second-order valence-corrected chi connectivity index (χ2v) is 3.22. The first kappa shape index (κ1) is 10.3. The molecule has 1 aromatic rings. The predicted molar refractivity (Wildman–Crippen MR) is 54.7 cm³/mol. The van der Waals surface area contributed by atoms with Gasteiger partial charge in [-0.15, -0.1) is 0 Å². The van der Waals surface area contributed by atoms with Crippen molar-refractivity contribution < 1.29 is 4.79 Å². The van der Waals surface area contributed by atoms with E-state index in [2.05, 4.69) is 0 Å². The minimum Gasteiger partial charge on any atom is -0.297 e. The molecule has 0 aromatic heterocycles. The highest BCUT2D eigenvalue weighted by molar-refractivity contribution is 6.04. The monoisotopic (exact) mass is 188 g/mol. The molecule has 0 heterocycles. The van der Waals surface area contributed by atoms with Crippen molar-refractivity contribution in [3.63, 3.8) is 0 Å². The molecule has 0 unspecified atom stereocenters. The van der Waals surface area contributed by atoms with E-state index in [1.807, 2.05) is 44.2 Å². The van der Waals surface area contributed by atoms with Crippen LogP contribution >= 0.6 is 0 Å². The number of nitriles is 1. The van der Waals surface area contributed by atoms with E-state index < -0.39 is 5.91 Å². The number of para-hydroxylation sites is 1. The van der Waals surface area contributed by atoms with Crippen LogP contribution in [0.3, 0.4) is 0 Å². The number of hydrogen-bond acceptors (Lipinski definition) is 2. The molecule has 0 fully saturated rings. The molecule has 0 N–H and O–H groups in total. The van der Waals surface area contributed by atoms with Crippen LogP contribution in [0, 0.1) is 11.3 Å². The molecule has 0 aliphatic heterocycles. The average Bonchev–Trinajstić information content (AvgIpc) is 2.19. The molecule has 3 nitrogen and oxygen atoms in total. The van der Waals surface area contributed by atoms with Crippen molar-refractivity contribution in [2.75, 3.05) is 4.90 Å². The van der Waals surface area contributed by atoms with Crippen molar-refractivity contribution in [2.24, 2.45) is 0 Å². The van der Waals surface area contributed by atoms with E-state index in [0.717, 1.165) is 5.69 Å². The van der Waals surface area contributed by atoms with Crippen molar-refractivity contribution in [1.82, 2.24) is 0 Å². The zero-order chi connectivity index (χ0) is 10.6. The minimum atomic E-state index is -0.522. The van der Waals surface area contributed by atoms with E-state index in [1.54, 1.807) is 6.07 Å². The topological polar surface area (TPSA) is 44.1 Å². The van der Waals surface area contributed by atoms with Crippen LogP contribution in [0.2, 0.25) is 0 Å². The van der Waals surface area contributed by atoms with Gasteiger partial charge in [0.15, 0.2) is 6.07 Å². The number of nitrogens with zero attached hydrogens (tertiary/aromatic N) is 2. The van der Waals surface area contributed by atoms with Crippen LogP contribution in [0.4, 0.5) is 5.69 Å². The first-order valence-corrected chi connectivity index (χ1v) is 4.45. The van der Waals surface area contributed by atoms with E-state index in [0.29, 0.717) is 0 Å². The van der Waals surface area contributed by atoms with Gasteiger partial charge in [-0.1, -0.05) is 18.2 Å². The van der Waals surface area contributed by atoms with Crippen LogP contribution in [0.15, 0.2) is 30.3 Å². The Hall–Kier alpha value is -1.82. The van der Waals surface area contributed by atoms with Crippen molar-refractivity contribution in [2.45, 2.75) is 19.9 Å². The Morgan fingerprint density at radius 3 is 2.36 bits per heavy atom. The molecule has 0 spiro atoms. The molecule has 72 valence electrons. The maximum absolute atomic E-state index is 11.3. The molecule has 1 aromatic carbocycles. The van der Waals surface area contributed by atoms with Crippen LogP contribution in [-0.4, -0.2) is 11.9 Å². The molecular formula is C11H12N2O. The van der Waals surface area contributed by atoms with Crippen molar-refractivity contribution >= 4 is 11.6 Å². The molecular weight excluding hydrogens is 176 g/mol. The van der Waals surface area contributed by atoms with Gasteiger partial charge in [0.25, 0.3) is 0 Å². The largest absolute Gasteiger partial charge is 0.329 e. The smallest absolute Gasteiger partial charge is 0.297 e. The molecule has 1 rings (SSSR count). The standard InChI is InChI=1S/C11H12N2O/c1-9(2)13(11(14)8-12)10-6-4-3-5-7-10/h3-7,9H,1-2H3. The Morgan fingerprint density at radius 2 is 1.93 bits per heavy atom. The number of carbonyl (C=O) groups excluding carboxylic acids is 1. The highest BCUT2D eigenvalue weighted by Crippen LogP contribution is 2.16. The Balaban J connectivity index is 3.02. The zero-order valence-electron chi connectivity index (χ0n) is 8.27. The van der Waals surface area contributed by atoms with Crippen LogP contribution in [0.1, 0.15) is 13.8 Å². The van der Waals surface area contributed by atoms with Gasteiger partial charge in [0, 0.05) is 11.7 Å². The summed E-state index contributed by atoms with van der Waals surface area (Å²) in [5.41, 5.74) is 0.758. The molecule has 0 saturated carbocycles. The molecule has 0 aliphatic carbocycles. The molecule has 3 heteroatoms. The lowest BCUT2D eigenvalue weighted by atomic mass is 10.2. The Bertz CT molecular complexity index is 351. The molecule has 0 atom stereocenters. The lowest BCUT2D eigenvalue weighted by Crippen LogP contribution is -2.35. The number of amides is 1. The fraction of sp³-hybridized carbons (Fsp3) is 0.273.